The molecule has 0 spiro atoms. The molecular weight excluding hydrogens is 393 g/mol. The van der Waals surface area contributed by atoms with Crippen molar-refractivity contribution in [1.29, 1.82) is 0 Å². The number of benzene rings is 1. The molecule has 0 atom stereocenters. The topological polar surface area (TPSA) is 78.4 Å². The molecule has 1 aromatic heterocycles. The van der Waals surface area contributed by atoms with Gasteiger partial charge in [0, 0.05) is 38.5 Å². The van der Waals surface area contributed by atoms with E-state index in [0.717, 1.165) is 49.5 Å². The highest BCUT2D eigenvalue weighted by molar-refractivity contribution is 7.19. The first-order valence-electron chi connectivity index (χ1n) is 10.0. The zero-order chi connectivity index (χ0) is 20.2. The lowest BCUT2D eigenvalue weighted by molar-refractivity contribution is -0.125. The van der Waals surface area contributed by atoms with Crippen LogP contribution in [0.4, 0.5) is 14.7 Å². The van der Waals surface area contributed by atoms with Crippen molar-refractivity contribution in [3.05, 3.63) is 35.6 Å². The Hall–Kier alpha value is -2.55. The largest absolute Gasteiger partial charge is 0.352 e. The Morgan fingerprint density at radius 3 is 2.55 bits per heavy atom. The number of carbonyl (C=O) groups excluding carboxylic acids is 2. The van der Waals surface area contributed by atoms with Crippen molar-refractivity contribution in [2.45, 2.75) is 38.6 Å². The van der Waals surface area contributed by atoms with Gasteiger partial charge in [-0.15, -0.1) is 10.2 Å². The summed E-state index contributed by atoms with van der Waals surface area (Å²) >= 11 is 1.45. The first kappa shape index (κ1) is 19.8. The molecule has 4 rings (SSSR count). The van der Waals surface area contributed by atoms with E-state index in [9.17, 15) is 14.0 Å². The van der Waals surface area contributed by atoms with Crippen LogP contribution in [0.2, 0.25) is 0 Å². The van der Waals surface area contributed by atoms with E-state index >= 15 is 0 Å². The number of amides is 2. The number of nitrogens with zero attached hydrogens (tertiary/aromatic N) is 4. The van der Waals surface area contributed by atoms with Crippen molar-refractivity contribution in [2.24, 2.45) is 5.92 Å². The van der Waals surface area contributed by atoms with E-state index in [0.29, 0.717) is 24.6 Å². The molecule has 0 aliphatic carbocycles. The van der Waals surface area contributed by atoms with Crippen LogP contribution in [0, 0.1) is 11.7 Å². The molecule has 29 heavy (non-hydrogen) atoms. The minimum Gasteiger partial charge on any atom is -0.352 e. The summed E-state index contributed by atoms with van der Waals surface area (Å²) < 4.78 is 13.0. The molecule has 0 unspecified atom stereocenters. The van der Waals surface area contributed by atoms with E-state index in [1.165, 1.54) is 23.5 Å². The van der Waals surface area contributed by atoms with Crippen molar-refractivity contribution in [3.63, 3.8) is 0 Å². The van der Waals surface area contributed by atoms with Gasteiger partial charge in [0.1, 0.15) is 5.82 Å². The predicted molar refractivity (Wildman–Crippen MR) is 109 cm³/mol. The van der Waals surface area contributed by atoms with Gasteiger partial charge in [-0.3, -0.25) is 14.5 Å². The third-order valence-electron chi connectivity index (χ3n) is 5.47. The average molecular weight is 418 g/mol. The zero-order valence-electron chi connectivity index (χ0n) is 16.1. The second-order valence-electron chi connectivity index (χ2n) is 7.48. The minimum atomic E-state index is -0.281. The second kappa shape index (κ2) is 8.86. The monoisotopic (exact) mass is 417 g/mol. The normalized spacial score (nSPS) is 18.2. The van der Waals surface area contributed by atoms with E-state index in [4.69, 9.17) is 0 Å². The highest BCUT2D eigenvalue weighted by Gasteiger charge is 2.28. The Bertz CT molecular complexity index is 864. The number of aromatic nitrogens is 2. The van der Waals surface area contributed by atoms with Crippen molar-refractivity contribution in [1.82, 2.24) is 15.5 Å². The summed E-state index contributed by atoms with van der Waals surface area (Å²) in [5.74, 6) is -0.166. The van der Waals surface area contributed by atoms with Crippen LogP contribution in [0.3, 0.4) is 0 Å². The van der Waals surface area contributed by atoms with E-state index < -0.39 is 0 Å². The van der Waals surface area contributed by atoms with Gasteiger partial charge in [0.15, 0.2) is 0 Å². The fraction of sp³-hybridized carbons (Fsp3) is 0.500. The highest BCUT2D eigenvalue weighted by Crippen LogP contribution is 2.31. The highest BCUT2D eigenvalue weighted by atomic mass is 32.1. The number of anilines is 2. The van der Waals surface area contributed by atoms with Crippen LogP contribution in [0.5, 0.6) is 0 Å². The van der Waals surface area contributed by atoms with Crippen molar-refractivity contribution >= 4 is 33.4 Å². The number of hydrogen-bond acceptors (Lipinski definition) is 6. The lowest BCUT2D eigenvalue weighted by atomic mass is 9.96. The number of carbonyl (C=O) groups is 2. The van der Waals surface area contributed by atoms with E-state index in [-0.39, 0.29) is 23.5 Å². The van der Waals surface area contributed by atoms with Crippen LogP contribution < -0.4 is 15.1 Å². The van der Waals surface area contributed by atoms with Gasteiger partial charge in [0.2, 0.25) is 22.1 Å². The van der Waals surface area contributed by atoms with Gasteiger partial charge in [0.25, 0.3) is 0 Å². The fourth-order valence-corrected chi connectivity index (χ4v) is 4.66. The molecule has 2 aliphatic rings. The molecule has 1 N–H and O–H groups in total. The summed E-state index contributed by atoms with van der Waals surface area (Å²) in [5.41, 5.74) is 0.880. The number of hydrogen-bond donors (Lipinski definition) is 1. The van der Waals surface area contributed by atoms with Gasteiger partial charge in [-0.05, 0) is 43.4 Å². The Kier molecular flexibility index (Phi) is 6.03. The van der Waals surface area contributed by atoms with E-state index in [1.54, 1.807) is 17.0 Å². The standard InChI is InChI=1S/C20H24FN5O2S/c21-16-6-4-14(5-7-16)13-22-18(28)15-8-11-25(12-9-15)19-23-24-20(29-19)26-10-2-1-3-17(26)27/h4-7,15H,1-3,8-13H2,(H,22,28). The van der Waals surface area contributed by atoms with Crippen molar-refractivity contribution < 1.29 is 14.0 Å². The molecule has 2 fully saturated rings. The Balaban J connectivity index is 1.27. The summed E-state index contributed by atoms with van der Waals surface area (Å²) in [7, 11) is 0. The van der Waals surface area contributed by atoms with Crippen molar-refractivity contribution in [3.8, 4) is 0 Å². The Morgan fingerprint density at radius 1 is 1.10 bits per heavy atom. The molecule has 154 valence electrons. The van der Waals surface area contributed by atoms with Crippen LogP contribution in [-0.2, 0) is 16.1 Å². The lowest BCUT2D eigenvalue weighted by Crippen LogP contribution is -2.40. The summed E-state index contributed by atoms with van der Waals surface area (Å²) in [4.78, 5) is 28.4. The van der Waals surface area contributed by atoms with Crippen LogP contribution in [0.1, 0.15) is 37.7 Å². The maximum absolute atomic E-state index is 13.0. The van der Waals surface area contributed by atoms with Gasteiger partial charge in [-0.1, -0.05) is 23.5 Å². The third-order valence-corrected chi connectivity index (χ3v) is 6.48. The van der Waals surface area contributed by atoms with E-state index in [1.807, 2.05) is 0 Å². The number of halogens is 1. The number of nitrogens with one attached hydrogen (secondary N) is 1. The predicted octanol–water partition coefficient (Wildman–Crippen LogP) is 2.73. The smallest absolute Gasteiger partial charge is 0.228 e. The van der Waals surface area contributed by atoms with Crippen LogP contribution >= 0.6 is 11.3 Å². The van der Waals surface area contributed by atoms with Crippen molar-refractivity contribution in [2.75, 3.05) is 29.4 Å². The molecule has 2 saturated heterocycles. The molecule has 3 heterocycles. The Labute approximate surface area is 172 Å². The molecular formula is C20H24FN5O2S. The van der Waals surface area contributed by atoms with E-state index in [2.05, 4.69) is 20.4 Å². The molecule has 2 aromatic rings. The van der Waals surface area contributed by atoms with Crippen LogP contribution in [0.25, 0.3) is 0 Å². The van der Waals surface area contributed by atoms with Gasteiger partial charge in [-0.2, -0.15) is 0 Å². The fourth-order valence-electron chi connectivity index (χ4n) is 3.72. The zero-order valence-corrected chi connectivity index (χ0v) is 17.0. The quantitative estimate of drug-likeness (QED) is 0.809. The first-order valence-corrected chi connectivity index (χ1v) is 10.8. The molecule has 1 aromatic carbocycles. The minimum absolute atomic E-state index is 0.0332. The first-order chi connectivity index (χ1) is 14.1. The molecule has 0 radical (unpaired) electrons. The average Bonchev–Trinajstić information content (AvgIpc) is 3.23. The molecule has 0 saturated carbocycles. The van der Waals surface area contributed by atoms with Crippen LogP contribution in [0.15, 0.2) is 24.3 Å². The molecule has 2 amide bonds. The number of piperidine rings is 2. The van der Waals surface area contributed by atoms with Gasteiger partial charge in [0.05, 0.1) is 0 Å². The van der Waals surface area contributed by atoms with Gasteiger partial charge in [-0.25, -0.2) is 4.39 Å². The maximum atomic E-state index is 13.0. The summed E-state index contributed by atoms with van der Waals surface area (Å²) in [6.07, 6.45) is 4.00. The molecule has 2 aliphatic heterocycles. The lowest BCUT2D eigenvalue weighted by Gasteiger charge is -2.30. The number of rotatable bonds is 5. The van der Waals surface area contributed by atoms with Crippen LogP contribution in [-0.4, -0.2) is 41.6 Å². The summed E-state index contributed by atoms with van der Waals surface area (Å²) in [6, 6.07) is 6.15. The SMILES string of the molecule is O=C(NCc1ccc(F)cc1)C1CCN(c2nnc(N3CCCCC3=O)s2)CC1. The molecule has 0 bridgehead atoms. The van der Waals surface area contributed by atoms with Gasteiger partial charge >= 0.3 is 0 Å². The maximum Gasteiger partial charge on any atom is 0.228 e. The van der Waals surface area contributed by atoms with Gasteiger partial charge < -0.3 is 10.2 Å². The Morgan fingerprint density at radius 2 is 1.83 bits per heavy atom. The third kappa shape index (κ3) is 4.72. The second-order valence-corrected chi connectivity index (χ2v) is 8.41. The molecule has 9 heteroatoms. The summed E-state index contributed by atoms with van der Waals surface area (Å²) in [5, 5.41) is 12.9. The molecule has 7 nitrogen and oxygen atoms in total. The summed E-state index contributed by atoms with van der Waals surface area (Å²) in [6.45, 7) is 2.58.